The molecular weight excluding hydrogens is 297 g/mol. The van der Waals surface area contributed by atoms with Crippen LogP contribution in [0.15, 0.2) is 24.4 Å². The predicted molar refractivity (Wildman–Crippen MR) is 83.6 cm³/mol. The Morgan fingerprint density at radius 3 is 3.00 bits per heavy atom. The molecule has 0 fully saturated rings. The molecule has 0 unspecified atom stereocenters. The molecule has 0 bridgehead atoms. The van der Waals surface area contributed by atoms with Crippen LogP contribution in [0.2, 0.25) is 0 Å². The average molecular weight is 311 g/mol. The molecule has 7 heteroatoms. The summed E-state index contributed by atoms with van der Waals surface area (Å²) < 4.78 is 19.7. The topological polar surface area (TPSA) is 86.6 Å². The Labute approximate surface area is 131 Å². The third-order valence-electron chi connectivity index (χ3n) is 3.60. The van der Waals surface area contributed by atoms with Gasteiger partial charge in [0.1, 0.15) is 24.2 Å². The van der Waals surface area contributed by atoms with Gasteiger partial charge >= 0.3 is 0 Å². The molecule has 0 aliphatic carbocycles. The Balaban J connectivity index is 1.90. The lowest BCUT2D eigenvalue weighted by molar-refractivity contribution is 0.299. The van der Waals surface area contributed by atoms with Crippen LogP contribution in [-0.2, 0) is 6.61 Å². The van der Waals surface area contributed by atoms with Gasteiger partial charge in [0.15, 0.2) is 5.65 Å². The second kappa shape index (κ2) is 5.93. The van der Waals surface area contributed by atoms with E-state index >= 15 is 0 Å². The molecule has 0 aliphatic rings. The molecule has 0 atom stereocenters. The highest BCUT2D eigenvalue weighted by atomic mass is 19.1. The third kappa shape index (κ3) is 2.66. The lowest BCUT2D eigenvalue weighted by atomic mass is 10.1. The number of nitrogens with one attached hydrogen (secondary N) is 2. The molecule has 0 radical (unpaired) electrons. The molecule has 0 saturated carbocycles. The first kappa shape index (κ1) is 14.8. The quantitative estimate of drug-likeness (QED) is 0.773. The number of pyridine rings is 1. The van der Waals surface area contributed by atoms with Gasteiger partial charge in [0.05, 0.1) is 17.4 Å². The molecule has 3 aromatic rings. The number of anilines is 1. The Morgan fingerprint density at radius 2 is 2.26 bits per heavy atom. The summed E-state index contributed by atoms with van der Waals surface area (Å²) >= 11 is 0. The van der Waals surface area contributed by atoms with Crippen molar-refractivity contribution >= 4 is 16.7 Å². The normalized spacial score (nSPS) is 10.5. The number of nitriles is 1. The number of ether oxygens (including phenoxy) is 1. The summed E-state index contributed by atoms with van der Waals surface area (Å²) in [6, 6.07) is 6.64. The molecule has 0 saturated heterocycles. The van der Waals surface area contributed by atoms with Gasteiger partial charge in [0.2, 0.25) is 0 Å². The first-order valence-electron chi connectivity index (χ1n) is 6.96. The van der Waals surface area contributed by atoms with E-state index in [0.29, 0.717) is 17.1 Å². The number of aryl methyl sites for hydroxylation is 1. The highest BCUT2D eigenvalue weighted by Gasteiger charge is 2.14. The van der Waals surface area contributed by atoms with Crippen molar-refractivity contribution in [3.63, 3.8) is 0 Å². The van der Waals surface area contributed by atoms with Gasteiger partial charge in [-0.1, -0.05) is 0 Å². The molecule has 6 nitrogen and oxygen atoms in total. The second-order valence-corrected chi connectivity index (χ2v) is 4.99. The van der Waals surface area contributed by atoms with Crippen LogP contribution in [0.5, 0.6) is 5.75 Å². The smallest absolute Gasteiger partial charge is 0.181 e. The maximum absolute atomic E-state index is 14.0. The number of hydrogen-bond donors (Lipinski definition) is 2. The molecule has 0 aliphatic heterocycles. The van der Waals surface area contributed by atoms with Gasteiger partial charge < -0.3 is 10.1 Å². The van der Waals surface area contributed by atoms with Crippen molar-refractivity contribution in [1.82, 2.24) is 15.2 Å². The summed E-state index contributed by atoms with van der Waals surface area (Å²) in [5.74, 6) is 0.00855. The number of rotatable bonds is 4. The van der Waals surface area contributed by atoms with Gasteiger partial charge in [-0.05, 0) is 25.1 Å². The van der Waals surface area contributed by atoms with Crippen molar-refractivity contribution in [3.8, 4) is 11.8 Å². The van der Waals surface area contributed by atoms with E-state index in [9.17, 15) is 9.65 Å². The fraction of sp³-hybridized carbons (Fsp3) is 0.188. The number of aromatic nitrogens is 3. The van der Waals surface area contributed by atoms with Crippen LogP contribution in [0.4, 0.5) is 10.1 Å². The lowest BCUT2D eigenvalue weighted by Gasteiger charge is -2.11. The first-order valence-corrected chi connectivity index (χ1v) is 6.96. The summed E-state index contributed by atoms with van der Waals surface area (Å²) in [6.07, 6.45) is 1.52. The number of H-pyrrole nitrogens is 1. The SMILES string of the molecule is CNc1ccc(F)c(COc2cnc3n[nH]c(C)c3c2)c1C#N. The molecule has 0 amide bonds. The molecule has 116 valence electrons. The second-order valence-electron chi connectivity index (χ2n) is 4.99. The van der Waals surface area contributed by atoms with Crippen LogP contribution in [0.3, 0.4) is 0 Å². The monoisotopic (exact) mass is 311 g/mol. The molecule has 2 N–H and O–H groups in total. The molecule has 2 heterocycles. The van der Waals surface area contributed by atoms with Crippen molar-refractivity contribution in [2.24, 2.45) is 0 Å². The van der Waals surface area contributed by atoms with Crippen molar-refractivity contribution in [3.05, 3.63) is 47.0 Å². The number of nitrogens with zero attached hydrogens (tertiary/aromatic N) is 3. The van der Waals surface area contributed by atoms with Gasteiger partial charge in [-0.2, -0.15) is 10.4 Å². The van der Waals surface area contributed by atoms with Crippen LogP contribution in [-0.4, -0.2) is 22.2 Å². The summed E-state index contributed by atoms with van der Waals surface area (Å²) in [5, 5.41) is 19.9. The molecule has 3 rings (SSSR count). The Bertz CT molecular complexity index is 913. The van der Waals surface area contributed by atoms with Crippen LogP contribution >= 0.6 is 0 Å². The first-order chi connectivity index (χ1) is 11.1. The van der Waals surface area contributed by atoms with Gasteiger partial charge in [-0.3, -0.25) is 5.10 Å². The van der Waals surface area contributed by atoms with Crippen molar-refractivity contribution in [2.45, 2.75) is 13.5 Å². The van der Waals surface area contributed by atoms with E-state index in [1.165, 1.54) is 18.3 Å². The minimum atomic E-state index is -0.478. The lowest BCUT2D eigenvalue weighted by Crippen LogP contribution is -2.05. The van der Waals surface area contributed by atoms with Gasteiger partial charge in [-0.15, -0.1) is 0 Å². The molecule has 2 aromatic heterocycles. The van der Waals surface area contributed by atoms with Gasteiger partial charge in [0, 0.05) is 23.7 Å². The zero-order valence-corrected chi connectivity index (χ0v) is 12.6. The largest absolute Gasteiger partial charge is 0.487 e. The predicted octanol–water partition coefficient (Wildman–Crippen LogP) is 2.90. The number of benzene rings is 1. The van der Waals surface area contributed by atoms with Crippen LogP contribution < -0.4 is 10.1 Å². The minimum Gasteiger partial charge on any atom is -0.487 e. The van der Waals surface area contributed by atoms with E-state index in [1.54, 1.807) is 13.1 Å². The average Bonchev–Trinajstić information content (AvgIpc) is 2.94. The Morgan fingerprint density at radius 1 is 1.43 bits per heavy atom. The fourth-order valence-electron chi connectivity index (χ4n) is 2.33. The van der Waals surface area contributed by atoms with Crippen molar-refractivity contribution in [1.29, 1.82) is 5.26 Å². The number of hydrogen-bond acceptors (Lipinski definition) is 5. The molecule has 1 aromatic carbocycles. The Kier molecular flexibility index (Phi) is 3.81. The van der Waals surface area contributed by atoms with Gasteiger partial charge in [-0.25, -0.2) is 9.37 Å². The zero-order chi connectivity index (χ0) is 16.4. The standard InChI is InChI=1S/C16H14FN5O/c1-9-11-5-10(7-20-16(11)22-21-9)23-8-13-12(6-18)15(19-2)4-3-14(13)17/h3-5,7,19H,8H2,1-2H3,(H,20,21,22). The highest BCUT2D eigenvalue weighted by Crippen LogP contribution is 2.25. The van der Waals surface area contributed by atoms with Crippen molar-refractivity contribution < 1.29 is 9.13 Å². The maximum atomic E-state index is 14.0. The van der Waals surface area contributed by atoms with Crippen LogP contribution in [0.1, 0.15) is 16.8 Å². The van der Waals surface area contributed by atoms with E-state index < -0.39 is 5.82 Å². The summed E-state index contributed by atoms with van der Waals surface area (Å²) in [6.45, 7) is 1.82. The maximum Gasteiger partial charge on any atom is 0.181 e. The van der Waals surface area contributed by atoms with E-state index in [2.05, 4.69) is 20.5 Å². The number of aromatic amines is 1. The molecule has 23 heavy (non-hydrogen) atoms. The fourth-order valence-corrected chi connectivity index (χ4v) is 2.33. The summed E-state index contributed by atoms with van der Waals surface area (Å²) in [5.41, 5.74) is 2.48. The highest BCUT2D eigenvalue weighted by molar-refractivity contribution is 5.78. The summed E-state index contributed by atoms with van der Waals surface area (Å²) in [7, 11) is 1.68. The van der Waals surface area contributed by atoms with E-state index in [-0.39, 0.29) is 17.7 Å². The molecular formula is C16H14FN5O. The van der Waals surface area contributed by atoms with Crippen LogP contribution in [0, 0.1) is 24.1 Å². The van der Waals surface area contributed by atoms with Crippen LogP contribution in [0.25, 0.3) is 11.0 Å². The number of fused-ring (bicyclic) bond motifs is 1. The van der Waals surface area contributed by atoms with Crippen molar-refractivity contribution in [2.75, 3.05) is 12.4 Å². The Hall–Kier alpha value is -3.14. The molecule has 0 spiro atoms. The van der Waals surface area contributed by atoms with E-state index in [1.807, 2.05) is 13.0 Å². The van der Waals surface area contributed by atoms with E-state index in [0.717, 1.165) is 11.1 Å². The number of halogens is 1. The van der Waals surface area contributed by atoms with E-state index in [4.69, 9.17) is 4.74 Å². The zero-order valence-electron chi connectivity index (χ0n) is 12.6. The van der Waals surface area contributed by atoms with Gasteiger partial charge in [0.25, 0.3) is 0 Å². The third-order valence-corrected chi connectivity index (χ3v) is 3.60. The summed E-state index contributed by atoms with van der Waals surface area (Å²) in [4.78, 5) is 4.17. The minimum absolute atomic E-state index is 0.0612.